The highest BCUT2D eigenvalue weighted by Gasteiger charge is 2.40. The third-order valence-electron chi connectivity index (χ3n) is 5.00. The lowest BCUT2D eigenvalue weighted by atomic mass is 9.77. The molecule has 0 bridgehead atoms. The molecule has 2 fully saturated rings. The highest BCUT2D eigenvalue weighted by molar-refractivity contribution is 4.94. The van der Waals surface area contributed by atoms with Crippen molar-refractivity contribution in [3.05, 3.63) is 0 Å². The molecule has 0 heterocycles. The van der Waals surface area contributed by atoms with Gasteiger partial charge in [0.2, 0.25) is 0 Å². The zero-order chi connectivity index (χ0) is 13.7. The smallest absolute Gasteiger partial charge is 0.0758 e. The maximum Gasteiger partial charge on any atom is 0.0758 e. The van der Waals surface area contributed by atoms with E-state index < -0.39 is 0 Å². The van der Waals surface area contributed by atoms with Crippen LogP contribution in [0.2, 0.25) is 0 Å². The molecule has 0 aromatic heterocycles. The Labute approximate surface area is 119 Å². The maximum atomic E-state index is 6.14. The molecule has 19 heavy (non-hydrogen) atoms. The Balaban J connectivity index is 1.96. The Hall–Kier alpha value is -0.0800. The van der Waals surface area contributed by atoms with Crippen molar-refractivity contribution in [2.45, 2.75) is 77.9 Å². The fraction of sp³-hybridized carbons (Fsp3) is 1.00. The molecule has 2 atom stereocenters. The highest BCUT2D eigenvalue weighted by atomic mass is 16.5. The third-order valence-corrected chi connectivity index (χ3v) is 5.00. The molecular weight excluding hydrogens is 234 g/mol. The van der Waals surface area contributed by atoms with Crippen LogP contribution in [0.25, 0.3) is 0 Å². The minimum atomic E-state index is 0.481. The van der Waals surface area contributed by atoms with Crippen molar-refractivity contribution in [1.82, 2.24) is 5.32 Å². The van der Waals surface area contributed by atoms with E-state index in [0.717, 1.165) is 30.9 Å². The van der Waals surface area contributed by atoms with Crippen LogP contribution in [0.15, 0.2) is 0 Å². The molecule has 2 unspecified atom stereocenters. The molecule has 2 rings (SSSR count). The summed E-state index contributed by atoms with van der Waals surface area (Å²) in [6.45, 7) is 8.84. The van der Waals surface area contributed by atoms with Crippen molar-refractivity contribution < 1.29 is 4.74 Å². The Bertz CT molecular complexity index is 244. The fourth-order valence-electron chi connectivity index (χ4n) is 3.66. The van der Waals surface area contributed by atoms with Crippen LogP contribution in [-0.4, -0.2) is 25.3 Å². The second kappa shape index (κ2) is 7.64. The highest BCUT2D eigenvalue weighted by Crippen LogP contribution is 2.40. The van der Waals surface area contributed by atoms with E-state index in [1.807, 2.05) is 0 Å². The van der Waals surface area contributed by atoms with Crippen molar-refractivity contribution in [2.75, 3.05) is 13.2 Å². The molecule has 2 nitrogen and oxygen atoms in total. The zero-order valence-corrected chi connectivity index (χ0v) is 13.2. The topological polar surface area (TPSA) is 21.3 Å². The molecule has 2 aliphatic carbocycles. The fourth-order valence-corrected chi connectivity index (χ4v) is 3.66. The third kappa shape index (κ3) is 4.46. The summed E-state index contributed by atoms with van der Waals surface area (Å²) in [6, 6.07) is 0.611. The molecule has 0 aromatic rings. The van der Waals surface area contributed by atoms with Crippen molar-refractivity contribution in [2.24, 2.45) is 17.8 Å². The monoisotopic (exact) mass is 267 g/mol. The van der Waals surface area contributed by atoms with E-state index in [1.165, 1.54) is 44.9 Å². The number of nitrogens with one attached hydrogen (secondary N) is 1. The Kier molecular flexibility index (Phi) is 6.15. The van der Waals surface area contributed by atoms with Gasteiger partial charge in [0.1, 0.15) is 0 Å². The van der Waals surface area contributed by atoms with Gasteiger partial charge >= 0.3 is 0 Å². The van der Waals surface area contributed by atoms with E-state index in [4.69, 9.17) is 4.74 Å². The number of hydrogen-bond acceptors (Lipinski definition) is 2. The molecule has 0 radical (unpaired) electrons. The van der Waals surface area contributed by atoms with Gasteiger partial charge < -0.3 is 10.1 Å². The number of ether oxygens (including phenoxy) is 1. The molecule has 0 saturated heterocycles. The van der Waals surface area contributed by atoms with Gasteiger partial charge in [-0.15, -0.1) is 0 Å². The van der Waals surface area contributed by atoms with E-state index in [9.17, 15) is 0 Å². The van der Waals surface area contributed by atoms with Crippen LogP contribution in [0.1, 0.15) is 65.7 Å². The van der Waals surface area contributed by atoms with E-state index in [2.05, 4.69) is 26.1 Å². The van der Waals surface area contributed by atoms with Crippen LogP contribution in [0.4, 0.5) is 0 Å². The molecule has 112 valence electrons. The minimum Gasteiger partial charge on any atom is -0.377 e. The van der Waals surface area contributed by atoms with Crippen LogP contribution in [0, 0.1) is 17.8 Å². The molecule has 0 amide bonds. The van der Waals surface area contributed by atoms with Crippen LogP contribution >= 0.6 is 0 Å². The van der Waals surface area contributed by atoms with Crippen molar-refractivity contribution in [3.63, 3.8) is 0 Å². The summed E-state index contributed by atoms with van der Waals surface area (Å²) >= 11 is 0. The first-order valence-electron chi connectivity index (χ1n) is 8.61. The first-order valence-corrected chi connectivity index (χ1v) is 8.61. The van der Waals surface area contributed by atoms with Gasteiger partial charge in [-0.2, -0.15) is 0 Å². The average Bonchev–Trinajstić information content (AvgIpc) is 3.24. The van der Waals surface area contributed by atoms with Crippen LogP contribution in [0.3, 0.4) is 0 Å². The number of hydrogen-bond donors (Lipinski definition) is 1. The van der Waals surface area contributed by atoms with Gasteiger partial charge in [-0.1, -0.05) is 26.7 Å². The quantitative estimate of drug-likeness (QED) is 0.718. The SMILES string of the molecule is CCCNC(C1CCC(C)CC1)C(OCC)C1CC1. The van der Waals surface area contributed by atoms with Gasteiger partial charge in [-0.3, -0.25) is 0 Å². The van der Waals surface area contributed by atoms with Crippen LogP contribution in [0.5, 0.6) is 0 Å². The normalized spacial score (nSPS) is 31.1. The summed E-state index contributed by atoms with van der Waals surface area (Å²) in [5.74, 6) is 2.63. The van der Waals surface area contributed by atoms with Crippen LogP contribution in [-0.2, 0) is 4.74 Å². The zero-order valence-electron chi connectivity index (χ0n) is 13.2. The average molecular weight is 267 g/mol. The van der Waals surface area contributed by atoms with E-state index >= 15 is 0 Å². The van der Waals surface area contributed by atoms with Gasteiger partial charge in [0.05, 0.1) is 6.10 Å². The second-order valence-electron chi connectivity index (χ2n) is 6.76. The predicted molar refractivity (Wildman–Crippen MR) is 81.3 cm³/mol. The van der Waals surface area contributed by atoms with E-state index in [-0.39, 0.29) is 0 Å². The molecule has 0 aromatic carbocycles. The molecule has 2 heteroatoms. The Morgan fingerprint density at radius 2 is 1.63 bits per heavy atom. The molecule has 1 N–H and O–H groups in total. The Morgan fingerprint density at radius 1 is 1.00 bits per heavy atom. The predicted octanol–water partition coefficient (Wildman–Crippen LogP) is 4.00. The van der Waals surface area contributed by atoms with E-state index in [0.29, 0.717) is 12.1 Å². The molecular formula is C17H33NO. The van der Waals surface area contributed by atoms with Gasteiger partial charge in [0.25, 0.3) is 0 Å². The maximum absolute atomic E-state index is 6.14. The Morgan fingerprint density at radius 3 is 2.16 bits per heavy atom. The summed E-state index contributed by atoms with van der Waals surface area (Å²) in [4.78, 5) is 0. The lowest BCUT2D eigenvalue weighted by molar-refractivity contribution is -0.00437. The number of rotatable bonds is 8. The second-order valence-corrected chi connectivity index (χ2v) is 6.76. The van der Waals surface area contributed by atoms with Gasteiger partial charge in [0.15, 0.2) is 0 Å². The minimum absolute atomic E-state index is 0.481. The van der Waals surface area contributed by atoms with Gasteiger partial charge in [-0.25, -0.2) is 0 Å². The summed E-state index contributed by atoms with van der Waals surface area (Å²) in [7, 11) is 0. The van der Waals surface area contributed by atoms with Gasteiger partial charge in [-0.05, 0) is 63.3 Å². The molecule has 0 spiro atoms. The van der Waals surface area contributed by atoms with Crippen LogP contribution < -0.4 is 5.32 Å². The lowest BCUT2D eigenvalue weighted by Crippen LogP contribution is -2.49. The molecule has 2 aliphatic rings. The molecule has 2 saturated carbocycles. The van der Waals surface area contributed by atoms with Crippen molar-refractivity contribution >= 4 is 0 Å². The summed E-state index contributed by atoms with van der Waals surface area (Å²) in [5, 5.41) is 3.84. The van der Waals surface area contributed by atoms with Gasteiger partial charge in [0, 0.05) is 12.6 Å². The first kappa shape index (κ1) is 15.3. The van der Waals surface area contributed by atoms with Crippen molar-refractivity contribution in [1.29, 1.82) is 0 Å². The summed E-state index contributed by atoms with van der Waals surface area (Å²) < 4.78 is 6.14. The summed E-state index contributed by atoms with van der Waals surface area (Å²) in [5.41, 5.74) is 0. The largest absolute Gasteiger partial charge is 0.377 e. The summed E-state index contributed by atoms with van der Waals surface area (Å²) in [6.07, 6.45) is 10.1. The standard InChI is InChI=1S/C17H33NO/c1-4-12-18-16(14-8-6-13(3)7-9-14)17(19-5-2)15-10-11-15/h13-18H,4-12H2,1-3H3. The lowest BCUT2D eigenvalue weighted by Gasteiger charge is -2.38. The van der Waals surface area contributed by atoms with Crippen molar-refractivity contribution in [3.8, 4) is 0 Å². The first-order chi connectivity index (χ1) is 9.26. The molecule has 0 aliphatic heterocycles. The van der Waals surface area contributed by atoms with E-state index in [1.54, 1.807) is 0 Å².